The van der Waals surface area contributed by atoms with Gasteiger partial charge >= 0.3 is 0 Å². The van der Waals surface area contributed by atoms with E-state index in [4.69, 9.17) is 0 Å². The Balaban J connectivity index is 1.05. The number of likely N-dealkylation sites (tertiary alicyclic amines) is 1. The second kappa shape index (κ2) is 13.4. The summed E-state index contributed by atoms with van der Waals surface area (Å²) in [5, 5.41) is 0. The van der Waals surface area contributed by atoms with Crippen LogP contribution in [0.5, 0.6) is 0 Å². The number of fused-ring (bicyclic) bond motifs is 1. The summed E-state index contributed by atoms with van der Waals surface area (Å²) in [5.74, 6) is 0.824. The average molecular weight is 555 g/mol. The van der Waals surface area contributed by atoms with E-state index in [1.807, 2.05) is 12.1 Å². The van der Waals surface area contributed by atoms with Crippen molar-refractivity contribution in [2.24, 2.45) is 5.92 Å². The minimum atomic E-state index is -0.173. The Morgan fingerprint density at radius 3 is 2.00 bits per heavy atom. The largest absolute Gasteiger partial charge is 0.299 e. The molecule has 0 bridgehead atoms. The van der Waals surface area contributed by atoms with Gasteiger partial charge in [-0.15, -0.1) is 0 Å². The molecule has 41 heavy (non-hydrogen) atoms. The number of hydrogen-bond donors (Lipinski definition) is 0. The number of rotatable bonds is 9. The molecule has 4 heteroatoms. The summed E-state index contributed by atoms with van der Waals surface area (Å²) in [5.41, 5.74) is 7.76. The highest BCUT2D eigenvalue weighted by Gasteiger charge is 2.21. The maximum absolute atomic E-state index is 13.2. The molecule has 0 saturated carbocycles. The van der Waals surface area contributed by atoms with E-state index in [9.17, 15) is 9.18 Å². The van der Waals surface area contributed by atoms with Gasteiger partial charge < -0.3 is 0 Å². The van der Waals surface area contributed by atoms with Crippen molar-refractivity contribution >= 4 is 5.78 Å². The first-order valence-corrected chi connectivity index (χ1v) is 15.7. The first-order chi connectivity index (χ1) is 19.7. The SMILES string of the molecule is CC(C)(C)c1ccc(CN2CCc3ccc(C(=O)CCCC4CCN(Cc5ccc(F)cc5)CC4)cc3CC2)cc1. The van der Waals surface area contributed by atoms with E-state index >= 15 is 0 Å². The second-order valence-electron chi connectivity index (χ2n) is 13.4. The molecule has 5 rings (SSSR count). The molecule has 2 aliphatic heterocycles. The van der Waals surface area contributed by atoms with E-state index in [1.165, 1.54) is 40.7 Å². The summed E-state index contributed by atoms with van der Waals surface area (Å²) in [6.45, 7) is 12.9. The number of nitrogens with zero attached hydrogens (tertiary/aromatic N) is 2. The fourth-order valence-corrected chi connectivity index (χ4v) is 6.45. The summed E-state index contributed by atoms with van der Waals surface area (Å²) in [4.78, 5) is 18.1. The van der Waals surface area contributed by atoms with Crippen molar-refractivity contribution in [3.05, 3.63) is 106 Å². The van der Waals surface area contributed by atoms with E-state index in [2.05, 4.69) is 73.0 Å². The molecule has 2 aliphatic rings. The fraction of sp³-hybridized carbons (Fsp3) is 0.486. The molecule has 0 spiro atoms. The van der Waals surface area contributed by atoms with Crippen LogP contribution in [0.2, 0.25) is 0 Å². The van der Waals surface area contributed by atoms with Gasteiger partial charge in [0.1, 0.15) is 5.82 Å². The number of halogens is 1. The molecule has 3 nitrogen and oxygen atoms in total. The number of ketones is 1. The molecule has 1 fully saturated rings. The topological polar surface area (TPSA) is 23.6 Å². The normalized spacial score (nSPS) is 17.3. The van der Waals surface area contributed by atoms with Gasteiger partial charge in [0.15, 0.2) is 5.78 Å². The minimum Gasteiger partial charge on any atom is -0.299 e. The third-order valence-corrected chi connectivity index (χ3v) is 9.19. The number of Topliss-reactive ketones (excluding diaryl/α,β-unsaturated/α-hetero) is 1. The summed E-state index contributed by atoms with van der Waals surface area (Å²) >= 11 is 0. The Kier molecular flexibility index (Phi) is 9.72. The summed E-state index contributed by atoms with van der Waals surface area (Å²) < 4.78 is 13.2. The molecule has 0 radical (unpaired) electrons. The van der Waals surface area contributed by atoms with E-state index in [0.29, 0.717) is 18.1 Å². The summed E-state index contributed by atoms with van der Waals surface area (Å²) in [6, 6.07) is 22.5. The van der Waals surface area contributed by atoms with Crippen molar-refractivity contribution in [2.45, 2.75) is 84.2 Å². The molecule has 0 aromatic heterocycles. The molecule has 0 N–H and O–H groups in total. The molecule has 3 aromatic carbocycles. The number of piperidine rings is 1. The van der Waals surface area contributed by atoms with Crippen molar-refractivity contribution in [3.8, 4) is 0 Å². The van der Waals surface area contributed by atoms with Crippen LogP contribution in [0.15, 0.2) is 66.7 Å². The zero-order valence-corrected chi connectivity index (χ0v) is 25.3. The number of benzene rings is 3. The molecule has 0 aliphatic carbocycles. The van der Waals surface area contributed by atoms with Gasteiger partial charge in [0.05, 0.1) is 0 Å². The molecule has 0 amide bonds. The molecular formula is C37H47FN2O. The van der Waals surface area contributed by atoms with Crippen LogP contribution in [0, 0.1) is 11.7 Å². The van der Waals surface area contributed by atoms with Crippen LogP contribution in [-0.2, 0) is 31.3 Å². The molecule has 0 unspecified atom stereocenters. The van der Waals surface area contributed by atoms with Crippen LogP contribution in [0.1, 0.15) is 91.1 Å². The standard InChI is InChI=1S/C37H47FN2O/c1-37(2,3)34-13-7-29(8-14-34)26-40-23-19-31-11-12-33(25-32(31)20-24-40)36(41)6-4-5-28-17-21-39(22-18-28)27-30-9-15-35(38)16-10-30/h7-16,25,28H,4-6,17-24,26-27H2,1-3H3. The summed E-state index contributed by atoms with van der Waals surface area (Å²) in [6.07, 6.45) is 7.17. The molecule has 2 heterocycles. The maximum Gasteiger partial charge on any atom is 0.162 e. The Hall–Kier alpha value is -2.82. The Morgan fingerprint density at radius 1 is 0.780 bits per heavy atom. The average Bonchev–Trinajstić information content (AvgIpc) is 3.17. The lowest BCUT2D eigenvalue weighted by Crippen LogP contribution is -2.33. The van der Waals surface area contributed by atoms with Crippen molar-refractivity contribution < 1.29 is 9.18 Å². The second-order valence-corrected chi connectivity index (χ2v) is 13.4. The highest BCUT2D eigenvalue weighted by atomic mass is 19.1. The first kappa shape index (κ1) is 29.7. The first-order valence-electron chi connectivity index (χ1n) is 15.7. The van der Waals surface area contributed by atoms with E-state index < -0.39 is 0 Å². The minimum absolute atomic E-state index is 0.173. The Labute approximate surface area is 246 Å². The highest BCUT2D eigenvalue weighted by Crippen LogP contribution is 2.26. The molecule has 218 valence electrons. The van der Waals surface area contributed by atoms with Crippen LogP contribution in [0.3, 0.4) is 0 Å². The van der Waals surface area contributed by atoms with Crippen LogP contribution < -0.4 is 0 Å². The van der Waals surface area contributed by atoms with Gasteiger partial charge in [-0.3, -0.25) is 14.6 Å². The number of carbonyl (C=O) groups is 1. The van der Waals surface area contributed by atoms with Crippen molar-refractivity contribution in [1.82, 2.24) is 9.80 Å². The van der Waals surface area contributed by atoms with Crippen LogP contribution in [-0.4, -0.2) is 41.8 Å². The third kappa shape index (κ3) is 8.36. The van der Waals surface area contributed by atoms with Crippen molar-refractivity contribution in [1.29, 1.82) is 0 Å². The number of hydrogen-bond acceptors (Lipinski definition) is 3. The predicted molar refractivity (Wildman–Crippen MR) is 167 cm³/mol. The van der Waals surface area contributed by atoms with Crippen LogP contribution in [0.25, 0.3) is 0 Å². The van der Waals surface area contributed by atoms with E-state index in [0.717, 1.165) is 70.5 Å². The van der Waals surface area contributed by atoms with Gasteiger partial charge in [-0.05, 0) is 109 Å². The zero-order chi connectivity index (χ0) is 28.8. The lowest BCUT2D eigenvalue weighted by atomic mass is 9.87. The Bertz CT molecular complexity index is 1280. The molecule has 1 saturated heterocycles. The maximum atomic E-state index is 13.2. The quantitative estimate of drug-likeness (QED) is 0.251. The smallest absolute Gasteiger partial charge is 0.162 e. The van der Waals surface area contributed by atoms with Gasteiger partial charge in [0, 0.05) is 38.2 Å². The van der Waals surface area contributed by atoms with Gasteiger partial charge in [-0.2, -0.15) is 0 Å². The highest BCUT2D eigenvalue weighted by molar-refractivity contribution is 5.96. The van der Waals surface area contributed by atoms with Crippen LogP contribution in [0.4, 0.5) is 4.39 Å². The van der Waals surface area contributed by atoms with Crippen LogP contribution >= 0.6 is 0 Å². The zero-order valence-electron chi connectivity index (χ0n) is 25.3. The monoisotopic (exact) mass is 554 g/mol. The summed E-state index contributed by atoms with van der Waals surface area (Å²) in [7, 11) is 0. The molecular weight excluding hydrogens is 507 g/mol. The van der Waals surface area contributed by atoms with Gasteiger partial charge in [0.2, 0.25) is 0 Å². The number of carbonyl (C=O) groups excluding carboxylic acids is 1. The van der Waals surface area contributed by atoms with Gasteiger partial charge in [-0.25, -0.2) is 4.39 Å². The molecule has 0 atom stereocenters. The van der Waals surface area contributed by atoms with E-state index in [-0.39, 0.29) is 11.2 Å². The third-order valence-electron chi connectivity index (χ3n) is 9.19. The van der Waals surface area contributed by atoms with Gasteiger partial charge in [0.25, 0.3) is 0 Å². The lowest BCUT2D eigenvalue weighted by Gasteiger charge is -2.32. The predicted octanol–water partition coefficient (Wildman–Crippen LogP) is 7.99. The van der Waals surface area contributed by atoms with Crippen molar-refractivity contribution in [2.75, 3.05) is 26.2 Å². The van der Waals surface area contributed by atoms with Crippen molar-refractivity contribution in [3.63, 3.8) is 0 Å². The van der Waals surface area contributed by atoms with E-state index in [1.54, 1.807) is 12.1 Å². The fourth-order valence-electron chi connectivity index (χ4n) is 6.45. The molecule has 3 aromatic rings. The Morgan fingerprint density at radius 2 is 1.37 bits per heavy atom. The van der Waals surface area contributed by atoms with Gasteiger partial charge in [-0.1, -0.05) is 69.3 Å². The lowest BCUT2D eigenvalue weighted by molar-refractivity contribution is 0.0974.